The van der Waals surface area contributed by atoms with Gasteiger partial charge in [-0.3, -0.25) is 9.69 Å². The van der Waals surface area contributed by atoms with E-state index >= 15 is 0 Å². The van der Waals surface area contributed by atoms with Crippen LogP contribution in [0.4, 0.5) is 0 Å². The average molecular weight is 287 g/mol. The number of primary amides is 1. The highest BCUT2D eigenvalue weighted by Crippen LogP contribution is 2.15. The van der Waals surface area contributed by atoms with Gasteiger partial charge in [0.2, 0.25) is 5.91 Å². The molecule has 0 aliphatic carbocycles. The minimum Gasteiger partial charge on any atom is -0.383 e. The summed E-state index contributed by atoms with van der Waals surface area (Å²) in [7, 11) is 1.70. The number of nitrogens with two attached hydrogens (primary N) is 1. The van der Waals surface area contributed by atoms with Crippen molar-refractivity contribution in [2.45, 2.75) is 65.1 Å². The number of nitrogens with one attached hydrogen (secondary N) is 1. The van der Waals surface area contributed by atoms with Gasteiger partial charge in [0.1, 0.15) is 5.54 Å². The molecule has 0 bridgehead atoms. The first-order chi connectivity index (χ1) is 9.30. The van der Waals surface area contributed by atoms with E-state index in [1.807, 2.05) is 20.8 Å². The molecular formula is C15H33N3O2. The number of carbonyl (C=O) groups excluding carboxylic acids is 1. The largest absolute Gasteiger partial charge is 0.383 e. The molecule has 0 spiro atoms. The summed E-state index contributed by atoms with van der Waals surface area (Å²) in [6.45, 7) is 12.4. The minimum atomic E-state index is -0.718. The Morgan fingerprint density at radius 2 is 1.90 bits per heavy atom. The number of rotatable bonds is 11. The first-order valence-electron chi connectivity index (χ1n) is 7.61. The first kappa shape index (κ1) is 19.4. The molecule has 3 N–H and O–H groups in total. The third-order valence-electron chi connectivity index (χ3n) is 3.71. The molecule has 20 heavy (non-hydrogen) atoms. The average Bonchev–Trinajstić information content (AvgIpc) is 2.35. The quantitative estimate of drug-likeness (QED) is 0.602. The topological polar surface area (TPSA) is 67.6 Å². The lowest BCUT2D eigenvalue weighted by Gasteiger charge is -2.39. The Labute approximate surface area is 124 Å². The number of methoxy groups -OCH3 is 1. The second-order valence-electron chi connectivity index (χ2n) is 5.93. The molecule has 1 atom stereocenters. The van der Waals surface area contributed by atoms with Crippen LogP contribution in [0.2, 0.25) is 0 Å². The van der Waals surface area contributed by atoms with E-state index in [0.29, 0.717) is 19.2 Å². The van der Waals surface area contributed by atoms with Gasteiger partial charge in [-0.15, -0.1) is 0 Å². The summed E-state index contributed by atoms with van der Waals surface area (Å²) in [6, 6.07) is 0.649. The molecule has 120 valence electrons. The van der Waals surface area contributed by atoms with E-state index in [4.69, 9.17) is 10.5 Å². The molecule has 0 heterocycles. The summed E-state index contributed by atoms with van der Waals surface area (Å²) in [5.74, 6) is -0.306. The highest BCUT2D eigenvalue weighted by Gasteiger charge is 2.35. The van der Waals surface area contributed by atoms with Gasteiger partial charge in [-0.05, 0) is 33.6 Å². The maximum atomic E-state index is 11.9. The Morgan fingerprint density at radius 1 is 1.35 bits per heavy atom. The lowest BCUT2D eigenvalue weighted by atomic mass is 9.97. The predicted octanol–water partition coefficient (Wildman–Crippen LogP) is 1.37. The van der Waals surface area contributed by atoms with Crippen molar-refractivity contribution in [3.63, 3.8) is 0 Å². The van der Waals surface area contributed by atoms with Gasteiger partial charge in [0, 0.05) is 32.3 Å². The van der Waals surface area contributed by atoms with Crippen LogP contribution < -0.4 is 11.1 Å². The Hall–Kier alpha value is -0.650. The molecule has 0 fully saturated rings. The zero-order valence-electron chi connectivity index (χ0n) is 14.0. The highest BCUT2D eigenvalue weighted by atomic mass is 16.5. The molecule has 0 aromatic heterocycles. The number of nitrogens with zero attached hydrogens (tertiary/aromatic N) is 1. The van der Waals surface area contributed by atoms with Crippen molar-refractivity contribution < 1.29 is 9.53 Å². The van der Waals surface area contributed by atoms with Crippen LogP contribution in [0.3, 0.4) is 0 Å². The van der Waals surface area contributed by atoms with Crippen LogP contribution in [0, 0.1) is 0 Å². The molecule has 5 nitrogen and oxygen atoms in total. The van der Waals surface area contributed by atoms with Gasteiger partial charge in [-0.2, -0.15) is 0 Å². The van der Waals surface area contributed by atoms with E-state index in [-0.39, 0.29) is 11.9 Å². The molecule has 0 aliphatic heterocycles. The van der Waals surface area contributed by atoms with Crippen molar-refractivity contribution in [1.82, 2.24) is 10.2 Å². The molecule has 0 aromatic rings. The number of hydrogen-bond donors (Lipinski definition) is 2. The summed E-state index contributed by atoms with van der Waals surface area (Å²) in [5, 5.41) is 3.31. The molecule has 0 saturated heterocycles. The number of carbonyl (C=O) groups is 1. The standard InChI is InChI=1S/C15H33N3O2/c1-7-13(8-2)18(9-10-20-6)11-15(5,14(16)19)17-12(3)4/h12-13,17H,7-11H2,1-6H3,(H2,16,19). The van der Waals surface area contributed by atoms with Crippen LogP contribution in [0.1, 0.15) is 47.5 Å². The number of hydrogen-bond acceptors (Lipinski definition) is 4. The van der Waals surface area contributed by atoms with E-state index in [1.54, 1.807) is 7.11 Å². The van der Waals surface area contributed by atoms with Crippen molar-refractivity contribution >= 4 is 5.91 Å². The fraction of sp³-hybridized carbons (Fsp3) is 0.933. The van der Waals surface area contributed by atoms with Crippen LogP contribution in [-0.4, -0.2) is 55.2 Å². The molecule has 0 saturated carbocycles. The molecule has 0 radical (unpaired) electrons. The third-order valence-corrected chi connectivity index (χ3v) is 3.71. The second-order valence-corrected chi connectivity index (χ2v) is 5.93. The molecular weight excluding hydrogens is 254 g/mol. The molecule has 1 unspecified atom stereocenters. The van der Waals surface area contributed by atoms with E-state index in [9.17, 15) is 4.79 Å². The molecule has 0 aromatic carbocycles. The smallest absolute Gasteiger partial charge is 0.238 e. The Bertz CT molecular complexity index is 280. The van der Waals surface area contributed by atoms with Gasteiger partial charge in [-0.1, -0.05) is 13.8 Å². The highest BCUT2D eigenvalue weighted by molar-refractivity contribution is 5.84. The zero-order chi connectivity index (χ0) is 15.8. The minimum absolute atomic E-state index is 0.207. The maximum absolute atomic E-state index is 11.9. The van der Waals surface area contributed by atoms with Crippen LogP contribution >= 0.6 is 0 Å². The second kappa shape index (κ2) is 9.32. The lowest BCUT2D eigenvalue weighted by molar-refractivity contribution is -0.125. The van der Waals surface area contributed by atoms with Gasteiger partial charge in [0.25, 0.3) is 0 Å². The molecule has 5 heteroatoms. The van der Waals surface area contributed by atoms with Crippen LogP contribution in [0.25, 0.3) is 0 Å². The normalized spacial score (nSPS) is 15.1. The zero-order valence-corrected chi connectivity index (χ0v) is 14.0. The Balaban J connectivity index is 5.00. The lowest BCUT2D eigenvalue weighted by Crippen LogP contribution is -2.62. The predicted molar refractivity (Wildman–Crippen MR) is 83.7 cm³/mol. The van der Waals surface area contributed by atoms with Gasteiger partial charge >= 0.3 is 0 Å². The van der Waals surface area contributed by atoms with Gasteiger partial charge in [0.05, 0.1) is 6.61 Å². The fourth-order valence-corrected chi connectivity index (χ4v) is 2.64. The molecule has 1 amide bonds. The Kier molecular flexibility index (Phi) is 9.01. The van der Waals surface area contributed by atoms with Crippen molar-refractivity contribution in [2.75, 3.05) is 26.8 Å². The van der Waals surface area contributed by atoms with E-state index < -0.39 is 5.54 Å². The van der Waals surface area contributed by atoms with Crippen molar-refractivity contribution in [1.29, 1.82) is 0 Å². The number of ether oxygens (including phenoxy) is 1. The van der Waals surface area contributed by atoms with E-state index in [0.717, 1.165) is 19.4 Å². The summed E-state index contributed by atoms with van der Waals surface area (Å²) >= 11 is 0. The first-order valence-corrected chi connectivity index (χ1v) is 7.61. The van der Waals surface area contributed by atoms with Crippen molar-refractivity contribution in [3.8, 4) is 0 Å². The number of amides is 1. The summed E-state index contributed by atoms with van der Waals surface area (Å²) in [4.78, 5) is 14.2. The summed E-state index contributed by atoms with van der Waals surface area (Å²) in [6.07, 6.45) is 2.10. The van der Waals surface area contributed by atoms with Crippen molar-refractivity contribution in [2.24, 2.45) is 5.73 Å². The van der Waals surface area contributed by atoms with Gasteiger partial charge in [0.15, 0.2) is 0 Å². The van der Waals surface area contributed by atoms with E-state index in [1.165, 1.54) is 0 Å². The van der Waals surface area contributed by atoms with Crippen LogP contribution in [0.15, 0.2) is 0 Å². The fourth-order valence-electron chi connectivity index (χ4n) is 2.64. The molecule has 0 aliphatic rings. The van der Waals surface area contributed by atoms with E-state index in [2.05, 4.69) is 24.1 Å². The summed E-state index contributed by atoms with van der Waals surface area (Å²) < 4.78 is 5.19. The van der Waals surface area contributed by atoms with Gasteiger partial charge < -0.3 is 15.8 Å². The summed E-state index contributed by atoms with van der Waals surface area (Å²) in [5.41, 5.74) is 4.90. The SMILES string of the molecule is CCC(CC)N(CCOC)CC(C)(NC(C)C)C(N)=O. The van der Waals surface area contributed by atoms with Crippen molar-refractivity contribution in [3.05, 3.63) is 0 Å². The van der Waals surface area contributed by atoms with Crippen LogP contribution in [-0.2, 0) is 9.53 Å². The maximum Gasteiger partial charge on any atom is 0.238 e. The third kappa shape index (κ3) is 6.20. The van der Waals surface area contributed by atoms with Gasteiger partial charge in [-0.25, -0.2) is 0 Å². The monoisotopic (exact) mass is 287 g/mol. The van der Waals surface area contributed by atoms with Crippen LogP contribution in [0.5, 0.6) is 0 Å². The Morgan fingerprint density at radius 3 is 2.25 bits per heavy atom. The molecule has 0 rings (SSSR count).